The average molecular weight is 314 g/mol. The van der Waals surface area contributed by atoms with Gasteiger partial charge in [-0.05, 0) is 74.7 Å². The van der Waals surface area contributed by atoms with Crippen molar-refractivity contribution in [2.75, 3.05) is 0 Å². The molecule has 0 spiro atoms. The molecule has 23 heavy (non-hydrogen) atoms. The van der Waals surface area contributed by atoms with Crippen LogP contribution >= 0.6 is 0 Å². The van der Waals surface area contributed by atoms with Gasteiger partial charge in [0.1, 0.15) is 0 Å². The Morgan fingerprint density at radius 3 is 2.26 bits per heavy atom. The summed E-state index contributed by atoms with van der Waals surface area (Å²) < 4.78 is 0. The summed E-state index contributed by atoms with van der Waals surface area (Å²) >= 11 is 0. The van der Waals surface area contributed by atoms with Gasteiger partial charge >= 0.3 is 5.97 Å². The normalized spacial score (nSPS) is 20.3. The lowest BCUT2D eigenvalue weighted by molar-refractivity contribution is -0.131. The molecule has 0 unspecified atom stereocenters. The van der Waals surface area contributed by atoms with Crippen LogP contribution in [-0.4, -0.2) is 11.1 Å². The number of aliphatic carboxylic acids is 1. The molecule has 0 fully saturated rings. The molecule has 0 saturated heterocycles. The molecule has 1 aliphatic rings. The maximum absolute atomic E-state index is 10.6. The maximum atomic E-state index is 10.6. The zero-order valence-electron chi connectivity index (χ0n) is 15.4. The molecule has 0 saturated carbocycles. The van der Waals surface area contributed by atoms with Gasteiger partial charge in [0.15, 0.2) is 0 Å². The van der Waals surface area contributed by atoms with Gasteiger partial charge in [-0.1, -0.05) is 43.7 Å². The van der Waals surface area contributed by atoms with Crippen LogP contribution in [0.5, 0.6) is 0 Å². The van der Waals surface area contributed by atoms with E-state index >= 15 is 0 Å². The lowest BCUT2D eigenvalue weighted by atomic mass is 9.72. The van der Waals surface area contributed by atoms with Crippen LogP contribution < -0.4 is 0 Å². The first-order valence-corrected chi connectivity index (χ1v) is 8.28. The topological polar surface area (TPSA) is 37.3 Å². The average Bonchev–Trinajstić information content (AvgIpc) is 2.42. The Labute approximate surface area is 141 Å². The fraction of sp³-hybridized carbons (Fsp3) is 0.476. The summed E-state index contributed by atoms with van der Waals surface area (Å²) in [5, 5.41) is 8.72. The van der Waals surface area contributed by atoms with Gasteiger partial charge in [-0.3, -0.25) is 0 Å². The summed E-state index contributed by atoms with van der Waals surface area (Å²) in [4.78, 5) is 10.6. The van der Waals surface area contributed by atoms with Crippen LogP contribution in [0.3, 0.4) is 0 Å². The molecule has 1 aliphatic carbocycles. The zero-order valence-corrected chi connectivity index (χ0v) is 15.4. The van der Waals surface area contributed by atoms with Crippen molar-refractivity contribution in [2.45, 2.75) is 60.8 Å². The third-order valence-electron chi connectivity index (χ3n) is 4.61. The lowest BCUT2D eigenvalue weighted by Crippen LogP contribution is -2.19. The van der Waals surface area contributed by atoms with E-state index in [9.17, 15) is 4.79 Å². The molecule has 0 atom stereocenters. The molecular weight excluding hydrogens is 284 g/mol. The predicted octanol–water partition coefficient (Wildman–Crippen LogP) is 5.99. The van der Waals surface area contributed by atoms with Gasteiger partial charge in [-0.2, -0.15) is 0 Å². The van der Waals surface area contributed by atoms with E-state index in [0.717, 1.165) is 11.1 Å². The van der Waals surface area contributed by atoms with Crippen molar-refractivity contribution < 1.29 is 9.90 Å². The van der Waals surface area contributed by atoms with Crippen molar-refractivity contribution in [3.63, 3.8) is 0 Å². The Hall–Kier alpha value is -1.83. The Bertz CT molecular complexity index is 608. The first-order valence-electron chi connectivity index (χ1n) is 8.28. The molecule has 2 nitrogen and oxygen atoms in total. The molecule has 0 aliphatic heterocycles. The maximum Gasteiger partial charge on any atom is 0.328 e. The molecule has 0 bridgehead atoms. The second kappa shape index (κ2) is 8.14. The fourth-order valence-electron chi connectivity index (χ4n) is 2.98. The third-order valence-corrected chi connectivity index (χ3v) is 4.61. The molecule has 0 aromatic rings. The molecule has 0 aromatic heterocycles. The van der Waals surface area contributed by atoms with E-state index in [1.54, 1.807) is 6.92 Å². The summed E-state index contributed by atoms with van der Waals surface area (Å²) in [5.74, 6) is -0.910. The number of carbonyl (C=O) groups is 1. The van der Waals surface area contributed by atoms with Gasteiger partial charge in [0.05, 0.1) is 0 Å². The quantitative estimate of drug-likeness (QED) is 0.499. The minimum absolute atomic E-state index is 0.254. The van der Waals surface area contributed by atoms with Crippen LogP contribution in [0.1, 0.15) is 60.8 Å². The Balaban J connectivity index is 2.94. The number of hydrogen-bond donors (Lipinski definition) is 1. The van der Waals surface area contributed by atoms with Crippen molar-refractivity contribution in [2.24, 2.45) is 5.41 Å². The minimum atomic E-state index is -0.910. The fourth-order valence-corrected chi connectivity index (χ4v) is 2.98. The van der Waals surface area contributed by atoms with Gasteiger partial charge in [0.25, 0.3) is 0 Å². The van der Waals surface area contributed by atoms with Crippen LogP contribution in [0.25, 0.3) is 0 Å². The molecule has 0 radical (unpaired) electrons. The predicted molar refractivity (Wildman–Crippen MR) is 98.4 cm³/mol. The van der Waals surface area contributed by atoms with Crippen LogP contribution in [0.15, 0.2) is 58.2 Å². The molecule has 0 aromatic carbocycles. The molecule has 2 heteroatoms. The summed E-state index contributed by atoms with van der Waals surface area (Å²) in [6.45, 7) is 12.8. The van der Waals surface area contributed by atoms with Crippen molar-refractivity contribution in [1.82, 2.24) is 0 Å². The van der Waals surface area contributed by atoms with Crippen LogP contribution in [0, 0.1) is 5.41 Å². The smallest absolute Gasteiger partial charge is 0.328 e. The summed E-state index contributed by atoms with van der Waals surface area (Å²) in [6.07, 6.45) is 13.2. The van der Waals surface area contributed by atoms with E-state index in [1.165, 1.54) is 42.1 Å². The number of carboxylic acid groups (broad SMARTS) is 1. The van der Waals surface area contributed by atoms with Gasteiger partial charge in [0.2, 0.25) is 0 Å². The Morgan fingerprint density at radius 1 is 1.09 bits per heavy atom. The second-order valence-electron chi connectivity index (χ2n) is 7.19. The van der Waals surface area contributed by atoms with Crippen molar-refractivity contribution in [1.29, 1.82) is 0 Å². The van der Waals surface area contributed by atoms with Gasteiger partial charge < -0.3 is 5.11 Å². The molecule has 126 valence electrons. The van der Waals surface area contributed by atoms with Crippen LogP contribution in [-0.2, 0) is 4.79 Å². The second-order valence-corrected chi connectivity index (χ2v) is 7.19. The molecule has 0 amide bonds. The molecule has 1 N–H and O–H groups in total. The highest BCUT2D eigenvalue weighted by Gasteiger charge is 2.26. The number of rotatable bonds is 5. The monoisotopic (exact) mass is 314 g/mol. The highest BCUT2D eigenvalue weighted by atomic mass is 16.4. The Kier molecular flexibility index (Phi) is 6.80. The van der Waals surface area contributed by atoms with Crippen molar-refractivity contribution in [3.8, 4) is 0 Å². The summed E-state index contributed by atoms with van der Waals surface area (Å²) in [5.41, 5.74) is 6.29. The van der Waals surface area contributed by atoms with E-state index in [-0.39, 0.29) is 5.41 Å². The number of hydrogen-bond acceptors (Lipinski definition) is 1. The van der Waals surface area contributed by atoms with E-state index in [2.05, 4.69) is 46.8 Å². The van der Waals surface area contributed by atoms with E-state index in [4.69, 9.17) is 5.11 Å². The number of allylic oxidation sites excluding steroid dienone is 9. The van der Waals surface area contributed by atoms with Gasteiger partial charge in [-0.15, -0.1) is 0 Å². The highest BCUT2D eigenvalue weighted by Crippen LogP contribution is 2.40. The summed E-state index contributed by atoms with van der Waals surface area (Å²) in [6, 6.07) is 0. The van der Waals surface area contributed by atoms with Crippen molar-refractivity contribution >= 4 is 5.97 Å². The third kappa shape index (κ3) is 6.05. The SMILES string of the molecule is CC1=C(/C=C/C(C)=C(C)/C=C/C(C)=C/C(=O)O)C(C)(C)CCC1. The Morgan fingerprint density at radius 2 is 1.70 bits per heavy atom. The first kappa shape index (κ1) is 19.2. The van der Waals surface area contributed by atoms with E-state index in [0.29, 0.717) is 0 Å². The largest absolute Gasteiger partial charge is 0.478 e. The standard InChI is InChI=1S/C21H30O2/c1-15(14-20(22)23)9-10-16(2)17(3)11-12-19-18(4)8-7-13-21(19,5)6/h9-12,14H,7-8,13H2,1-6H3,(H,22,23)/b10-9+,12-11+,15-14+,17-16+. The number of carboxylic acids is 1. The molecule has 1 rings (SSSR count). The van der Waals surface area contributed by atoms with Crippen LogP contribution in [0.2, 0.25) is 0 Å². The summed E-state index contributed by atoms with van der Waals surface area (Å²) in [7, 11) is 0. The van der Waals surface area contributed by atoms with E-state index < -0.39 is 5.97 Å². The first-order chi connectivity index (χ1) is 10.6. The van der Waals surface area contributed by atoms with Gasteiger partial charge in [-0.25, -0.2) is 4.79 Å². The van der Waals surface area contributed by atoms with Gasteiger partial charge in [0, 0.05) is 6.08 Å². The minimum Gasteiger partial charge on any atom is -0.478 e. The van der Waals surface area contributed by atoms with E-state index in [1.807, 2.05) is 12.2 Å². The van der Waals surface area contributed by atoms with Crippen molar-refractivity contribution in [3.05, 3.63) is 58.2 Å². The molecular formula is C21H30O2. The molecule has 0 heterocycles. The highest BCUT2D eigenvalue weighted by molar-refractivity contribution is 5.81. The zero-order chi connectivity index (χ0) is 17.6. The lowest BCUT2D eigenvalue weighted by Gasteiger charge is -2.33. The van der Waals surface area contributed by atoms with Crippen LogP contribution in [0.4, 0.5) is 0 Å².